The van der Waals surface area contributed by atoms with Gasteiger partial charge in [0.2, 0.25) is 0 Å². The smallest absolute Gasteiger partial charge is 0.251 e. The van der Waals surface area contributed by atoms with Gasteiger partial charge >= 0.3 is 0 Å². The average Bonchev–Trinajstić information content (AvgIpc) is 3.35. The van der Waals surface area contributed by atoms with Crippen LogP contribution in [0.1, 0.15) is 48.0 Å². The highest BCUT2D eigenvalue weighted by molar-refractivity contribution is 7.23. The van der Waals surface area contributed by atoms with Crippen LogP contribution in [0, 0.1) is 5.82 Å². The monoisotopic (exact) mass is 581 g/mol. The van der Waals surface area contributed by atoms with E-state index in [2.05, 4.69) is 15.2 Å². The molecule has 38 heavy (non-hydrogen) atoms. The Balaban J connectivity index is 0.00000168. The van der Waals surface area contributed by atoms with Crippen LogP contribution < -0.4 is 11.1 Å². The van der Waals surface area contributed by atoms with E-state index < -0.39 is 6.17 Å². The quantitative estimate of drug-likeness (QED) is 0.274. The van der Waals surface area contributed by atoms with Crippen LogP contribution in [0.25, 0.3) is 26.4 Å². The normalized spacial score (nSPS) is 17.2. The van der Waals surface area contributed by atoms with Gasteiger partial charge < -0.3 is 16.0 Å². The zero-order valence-electron chi connectivity index (χ0n) is 20.8. The van der Waals surface area contributed by atoms with Crippen molar-refractivity contribution in [2.75, 3.05) is 26.2 Å². The molecule has 0 spiro atoms. The maximum Gasteiger partial charge on any atom is 0.251 e. The van der Waals surface area contributed by atoms with E-state index in [1.54, 1.807) is 12.1 Å². The number of imidazole rings is 1. The lowest BCUT2D eigenvalue weighted by atomic mass is 10.0. The topological polar surface area (TPSA) is 75.7 Å². The van der Waals surface area contributed by atoms with Crippen molar-refractivity contribution in [2.45, 2.75) is 43.8 Å². The summed E-state index contributed by atoms with van der Waals surface area (Å²) >= 11 is 1.47. The van der Waals surface area contributed by atoms with Crippen molar-refractivity contribution in [3.05, 3.63) is 59.5 Å². The molecule has 1 aliphatic heterocycles. The second-order valence-corrected chi connectivity index (χ2v) is 11.0. The number of fused-ring (bicyclic) bond motifs is 3. The first-order chi connectivity index (χ1) is 17.4. The molecule has 3 heterocycles. The van der Waals surface area contributed by atoms with Crippen molar-refractivity contribution in [1.29, 1.82) is 0 Å². The van der Waals surface area contributed by atoms with Gasteiger partial charge in [0.1, 0.15) is 12.0 Å². The van der Waals surface area contributed by atoms with Crippen LogP contribution in [0.3, 0.4) is 0 Å². The van der Waals surface area contributed by atoms with E-state index in [0.29, 0.717) is 36.2 Å². The van der Waals surface area contributed by atoms with Crippen LogP contribution in [0.4, 0.5) is 8.78 Å². The SMILES string of the molecule is Cl.Cl.NC1(c2ccc(-c3cn4c(n3)sc3cc(C(=O)NCCCN5CCC(F)CC5)ccc34)c(F)c2)CC1. The summed E-state index contributed by atoms with van der Waals surface area (Å²) in [6.07, 6.45) is 5.00. The Bertz CT molecular complexity index is 1450. The Morgan fingerprint density at radius 3 is 2.63 bits per heavy atom. The summed E-state index contributed by atoms with van der Waals surface area (Å²) in [6.45, 7) is 3.03. The number of halogens is 4. The molecule has 0 bridgehead atoms. The second-order valence-electron chi connectivity index (χ2n) is 10.0. The minimum absolute atomic E-state index is 0. The minimum atomic E-state index is -0.665. The summed E-state index contributed by atoms with van der Waals surface area (Å²) in [5, 5.41) is 2.99. The highest BCUT2D eigenvalue weighted by Crippen LogP contribution is 2.43. The number of benzene rings is 2. The molecule has 1 saturated carbocycles. The number of aromatic nitrogens is 2. The van der Waals surface area contributed by atoms with Crippen LogP contribution in [0.5, 0.6) is 0 Å². The molecule has 0 unspecified atom stereocenters. The molecular weight excluding hydrogens is 551 g/mol. The molecule has 1 aliphatic carbocycles. The van der Waals surface area contributed by atoms with Crippen molar-refractivity contribution < 1.29 is 13.6 Å². The van der Waals surface area contributed by atoms with Crippen LogP contribution in [-0.4, -0.2) is 52.5 Å². The van der Waals surface area contributed by atoms with Gasteiger partial charge in [-0.2, -0.15) is 0 Å². The molecule has 2 aliphatic rings. The van der Waals surface area contributed by atoms with E-state index in [1.807, 2.05) is 28.8 Å². The summed E-state index contributed by atoms with van der Waals surface area (Å²) in [5.74, 6) is -0.424. The predicted octanol–water partition coefficient (Wildman–Crippen LogP) is 5.70. The molecule has 204 valence electrons. The van der Waals surface area contributed by atoms with Gasteiger partial charge in [0.05, 0.1) is 15.9 Å². The van der Waals surface area contributed by atoms with Gasteiger partial charge in [-0.3, -0.25) is 9.20 Å². The standard InChI is InChI=1S/C27H29F2N5OS.2ClH/c28-19-6-12-33(13-7-19)11-1-10-31-25(35)17-2-5-23-24(14-17)36-26-32-22(16-34(23)26)20-4-3-18(15-21(20)29)27(30)8-9-27;;/h2-5,14-16,19H,1,6-13,30H2,(H,31,35);2*1H. The first-order valence-corrected chi connectivity index (χ1v) is 13.4. The zero-order valence-corrected chi connectivity index (χ0v) is 23.2. The number of nitrogens with one attached hydrogen (secondary N) is 1. The maximum atomic E-state index is 14.9. The Labute approximate surface area is 236 Å². The van der Waals surface area contributed by atoms with Gasteiger partial charge in [-0.15, -0.1) is 24.8 Å². The van der Waals surface area contributed by atoms with Gasteiger partial charge in [0.25, 0.3) is 5.91 Å². The molecule has 2 aromatic heterocycles. The molecule has 1 saturated heterocycles. The van der Waals surface area contributed by atoms with E-state index >= 15 is 0 Å². The minimum Gasteiger partial charge on any atom is -0.352 e. The molecule has 6 rings (SSSR count). The highest BCUT2D eigenvalue weighted by Gasteiger charge is 2.40. The molecule has 0 atom stereocenters. The van der Waals surface area contributed by atoms with E-state index in [0.717, 1.165) is 59.6 Å². The molecule has 2 fully saturated rings. The Kier molecular flexibility index (Phi) is 8.64. The van der Waals surface area contributed by atoms with E-state index in [-0.39, 0.29) is 42.1 Å². The fraction of sp³-hybridized carbons (Fsp3) is 0.407. The molecule has 1 amide bonds. The van der Waals surface area contributed by atoms with Crippen LogP contribution in [0.2, 0.25) is 0 Å². The number of rotatable bonds is 7. The third kappa shape index (κ3) is 5.67. The van der Waals surface area contributed by atoms with Crippen molar-refractivity contribution in [3.63, 3.8) is 0 Å². The number of carbonyl (C=O) groups excluding carboxylic acids is 1. The van der Waals surface area contributed by atoms with Gasteiger partial charge in [-0.05, 0) is 74.5 Å². The van der Waals surface area contributed by atoms with Crippen molar-refractivity contribution in [2.24, 2.45) is 5.73 Å². The number of piperidine rings is 1. The Morgan fingerprint density at radius 1 is 1.16 bits per heavy atom. The number of nitrogens with two attached hydrogens (primary N) is 1. The summed E-state index contributed by atoms with van der Waals surface area (Å²) in [4.78, 5) is 20.3. The third-order valence-corrected chi connectivity index (χ3v) is 8.44. The number of amides is 1. The third-order valence-electron chi connectivity index (χ3n) is 7.42. The number of hydrogen-bond donors (Lipinski definition) is 2. The lowest BCUT2D eigenvalue weighted by Gasteiger charge is -2.28. The molecule has 2 aromatic carbocycles. The maximum absolute atomic E-state index is 14.9. The summed E-state index contributed by atoms with van der Waals surface area (Å²) in [7, 11) is 0. The average molecular weight is 583 g/mol. The fourth-order valence-corrected chi connectivity index (χ4v) is 6.01. The number of thiazole rings is 1. The fourth-order valence-electron chi connectivity index (χ4n) is 4.96. The molecule has 4 aromatic rings. The summed E-state index contributed by atoms with van der Waals surface area (Å²) in [5.41, 5.74) is 9.23. The number of likely N-dealkylation sites (tertiary alicyclic amines) is 1. The van der Waals surface area contributed by atoms with Gasteiger partial charge in [0.15, 0.2) is 4.96 Å². The number of hydrogen-bond acceptors (Lipinski definition) is 5. The van der Waals surface area contributed by atoms with Crippen molar-refractivity contribution >= 4 is 57.2 Å². The Morgan fingerprint density at radius 2 is 1.92 bits per heavy atom. The molecule has 3 N–H and O–H groups in total. The molecular formula is C27H31Cl2F2N5OS. The van der Waals surface area contributed by atoms with Gasteiger partial charge in [-0.25, -0.2) is 13.8 Å². The van der Waals surface area contributed by atoms with Crippen molar-refractivity contribution in [1.82, 2.24) is 19.6 Å². The first kappa shape index (κ1) is 28.7. The van der Waals surface area contributed by atoms with Crippen LogP contribution in [0.15, 0.2) is 42.6 Å². The second kappa shape index (κ2) is 11.4. The number of carbonyl (C=O) groups is 1. The summed E-state index contributed by atoms with van der Waals surface area (Å²) in [6, 6.07) is 10.8. The largest absolute Gasteiger partial charge is 0.352 e. The van der Waals surface area contributed by atoms with E-state index in [4.69, 9.17) is 5.73 Å². The molecule has 6 nitrogen and oxygen atoms in total. The van der Waals surface area contributed by atoms with Crippen molar-refractivity contribution in [3.8, 4) is 11.3 Å². The predicted molar refractivity (Wildman–Crippen MR) is 153 cm³/mol. The first-order valence-electron chi connectivity index (χ1n) is 12.6. The molecule has 0 radical (unpaired) electrons. The Hall–Kier alpha value is -2.30. The number of alkyl halides is 1. The number of nitrogens with zero attached hydrogens (tertiary/aromatic N) is 3. The summed E-state index contributed by atoms with van der Waals surface area (Å²) < 4.78 is 31.0. The van der Waals surface area contributed by atoms with E-state index in [1.165, 1.54) is 17.4 Å². The van der Waals surface area contributed by atoms with Gasteiger partial charge in [-0.1, -0.05) is 17.4 Å². The van der Waals surface area contributed by atoms with Gasteiger partial charge in [0, 0.05) is 42.5 Å². The van der Waals surface area contributed by atoms with Crippen LogP contribution in [-0.2, 0) is 5.54 Å². The van der Waals surface area contributed by atoms with E-state index in [9.17, 15) is 13.6 Å². The highest BCUT2D eigenvalue weighted by atomic mass is 35.5. The zero-order chi connectivity index (χ0) is 24.9. The lowest BCUT2D eigenvalue weighted by molar-refractivity contribution is 0.0950. The lowest BCUT2D eigenvalue weighted by Crippen LogP contribution is -2.36. The van der Waals surface area contributed by atoms with Crippen LogP contribution >= 0.6 is 36.2 Å². The molecule has 11 heteroatoms.